The van der Waals surface area contributed by atoms with E-state index in [9.17, 15) is 4.79 Å². The summed E-state index contributed by atoms with van der Waals surface area (Å²) in [4.78, 5) is 16.0. The molecule has 1 aromatic carbocycles. The molecule has 3 rings (SSSR count). The summed E-state index contributed by atoms with van der Waals surface area (Å²) in [6, 6.07) is 5.94. The third-order valence-electron chi connectivity index (χ3n) is 5.30. The number of rotatable bonds is 6. The Kier molecular flexibility index (Phi) is 6.57. The Morgan fingerprint density at radius 2 is 1.92 bits per heavy atom. The molecule has 2 fully saturated rings. The highest BCUT2D eigenvalue weighted by Gasteiger charge is 2.25. The van der Waals surface area contributed by atoms with Crippen molar-refractivity contribution in [1.29, 1.82) is 0 Å². The lowest BCUT2D eigenvalue weighted by Crippen LogP contribution is -2.41. The van der Waals surface area contributed by atoms with Gasteiger partial charge in [-0.2, -0.15) is 0 Å². The number of amides is 1. The van der Waals surface area contributed by atoms with Crippen LogP contribution in [0.3, 0.4) is 0 Å². The number of hydrogen-bond acceptors (Lipinski definition) is 4. The van der Waals surface area contributed by atoms with Crippen LogP contribution in [0.5, 0.6) is 5.75 Å². The summed E-state index contributed by atoms with van der Waals surface area (Å²) in [7, 11) is 0. The van der Waals surface area contributed by atoms with Crippen LogP contribution in [0.15, 0.2) is 18.2 Å². The molecule has 6 heteroatoms. The van der Waals surface area contributed by atoms with Crippen LogP contribution in [0.25, 0.3) is 0 Å². The van der Waals surface area contributed by atoms with Crippen LogP contribution >= 0.6 is 11.6 Å². The smallest absolute Gasteiger partial charge is 0.236 e. The number of carbonyl (C=O) groups excluding carboxylic acids is 1. The zero-order valence-corrected chi connectivity index (χ0v) is 15.5. The zero-order chi connectivity index (χ0) is 17.6. The average Bonchev–Trinajstić information content (AvgIpc) is 3.15. The van der Waals surface area contributed by atoms with Crippen molar-refractivity contribution in [2.45, 2.75) is 31.6 Å². The molecule has 2 aliphatic heterocycles. The van der Waals surface area contributed by atoms with Gasteiger partial charge in [-0.05, 0) is 62.4 Å². The fourth-order valence-corrected chi connectivity index (χ4v) is 3.99. The summed E-state index contributed by atoms with van der Waals surface area (Å²) in [6.07, 6.45) is 4.47. The molecule has 0 atom stereocenters. The number of nitrogens with zero attached hydrogens (tertiary/aromatic N) is 2. The Morgan fingerprint density at radius 3 is 2.60 bits per heavy atom. The van der Waals surface area contributed by atoms with Crippen LogP contribution in [0, 0.1) is 0 Å². The molecular formula is C19H28ClN3O2. The number of halogens is 1. The van der Waals surface area contributed by atoms with Gasteiger partial charge in [-0.15, -0.1) is 0 Å². The van der Waals surface area contributed by atoms with Crippen LogP contribution in [0.4, 0.5) is 0 Å². The molecule has 2 heterocycles. The van der Waals surface area contributed by atoms with Gasteiger partial charge in [0.1, 0.15) is 12.4 Å². The lowest BCUT2D eigenvalue weighted by molar-refractivity contribution is -0.130. The van der Waals surface area contributed by atoms with Crippen molar-refractivity contribution >= 4 is 17.5 Å². The van der Waals surface area contributed by atoms with Crippen molar-refractivity contribution < 1.29 is 9.53 Å². The number of nitrogens with two attached hydrogens (primary N) is 1. The summed E-state index contributed by atoms with van der Waals surface area (Å²) in [5, 5.41) is 0.704. The predicted molar refractivity (Wildman–Crippen MR) is 100 cm³/mol. The van der Waals surface area contributed by atoms with E-state index in [0.717, 1.165) is 38.2 Å². The highest BCUT2D eigenvalue weighted by molar-refractivity contribution is 6.30. The topological polar surface area (TPSA) is 58.8 Å². The lowest BCUT2D eigenvalue weighted by atomic mass is 9.88. The molecule has 0 bridgehead atoms. The number of likely N-dealkylation sites (tertiary alicyclic amines) is 2. The normalized spacial score (nSPS) is 19.4. The van der Waals surface area contributed by atoms with Gasteiger partial charge in [-0.3, -0.25) is 9.69 Å². The number of ether oxygens (including phenoxy) is 1. The monoisotopic (exact) mass is 365 g/mol. The van der Waals surface area contributed by atoms with Crippen molar-refractivity contribution in [3.8, 4) is 5.75 Å². The largest absolute Gasteiger partial charge is 0.492 e. The molecule has 138 valence electrons. The van der Waals surface area contributed by atoms with E-state index in [1.54, 1.807) is 0 Å². The summed E-state index contributed by atoms with van der Waals surface area (Å²) in [5.74, 6) is 1.34. The second kappa shape index (κ2) is 8.88. The first-order valence-corrected chi connectivity index (χ1v) is 9.67. The molecular weight excluding hydrogens is 338 g/mol. The van der Waals surface area contributed by atoms with E-state index in [2.05, 4.69) is 11.0 Å². The third-order valence-corrected chi connectivity index (χ3v) is 5.54. The third kappa shape index (κ3) is 4.87. The van der Waals surface area contributed by atoms with E-state index < -0.39 is 0 Å². The summed E-state index contributed by atoms with van der Waals surface area (Å²) < 4.78 is 6.10. The molecule has 1 aromatic rings. The molecule has 2 N–H and O–H groups in total. The van der Waals surface area contributed by atoms with Crippen LogP contribution in [-0.2, 0) is 4.79 Å². The fourth-order valence-electron chi connectivity index (χ4n) is 3.83. The first kappa shape index (κ1) is 18.5. The predicted octanol–water partition coefficient (Wildman–Crippen LogP) is 2.48. The number of piperidine rings is 1. The maximum Gasteiger partial charge on any atom is 0.236 e. The molecule has 2 aliphatic rings. The van der Waals surface area contributed by atoms with E-state index in [1.165, 1.54) is 31.5 Å². The number of hydrogen-bond donors (Lipinski definition) is 1. The van der Waals surface area contributed by atoms with Crippen molar-refractivity contribution in [3.63, 3.8) is 0 Å². The van der Waals surface area contributed by atoms with Crippen LogP contribution in [-0.4, -0.2) is 61.6 Å². The Bertz CT molecular complexity index is 582. The summed E-state index contributed by atoms with van der Waals surface area (Å²) in [5.41, 5.74) is 6.68. The van der Waals surface area contributed by atoms with Crippen molar-refractivity contribution in [2.24, 2.45) is 5.73 Å². The van der Waals surface area contributed by atoms with Crippen LogP contribution in [0.2, 0.25) is 5.02 Å². The van der Waals surface area contributed by atoms with Gasteiger partial charge in [0.15, 0.2) is 0 Å². The standard InChI is InChI=1S/C19H28ClN3O2/c20-16-3-4-17(15-5-9-23(10-6-15)19(24)14-21)18(13-16)25-12-11-22-7-1-2-8-22/h3-4,13,15H,1-2,5-12,14,21H2. The minimum atomic E-state index is 0.0386. The first-order valence-electron chi connectivity index (χ1n) is 9.30. The minimum Gasteiger partial charge on any atom is -0.492 e. The highest BCUT2D eigenvalue weighted by Crippen LogP contribution is 2.36. The second-order valence-corrected chi connectivity index (χ2v) is 7.37. The summed E-state index contributed by atoms with van der Waals surface area (Å²) in [6.45, 7) is 5.63. The maximum absolute atomic E-state index is 11.7. The average molecular weight is 366 g/mol. The van der Waals surface area contributed by atoms with E-state index in [4.69, 9.17) is 22.1 Å². The SMILES string of the molecule is NCC(=O)N1CCC(c2ccc(Cl)cc2OCCN2CCCC2)CC1. The Balaban J connectivity index is 1.60. The van der Waals surface area contributed by atoms with E-state index in [-0.39, 0.29) is 12.5 Å². The highest BCUT2D eigenvalue weighted by atomic mass is 35.5. The molecule has 5 nitrogen and oxygen atoms in total. The van der Waals surface area contributed by atoms with Gasteiger partial charge in [-0.1, -0.05) is 17.7 Å². The maximum atomic E-state index is 11.7. The Labute approximate surface area is 155 Å². The van der Waals surface area contributed by atoms with Gasteiger partial charge >= 0.3 is 0 Å². The molecule has 0 aliphatic carbocycles. The van der Waals surface area contributed by atoms with Gasteiger partial charge in [0.05, 0.1) is 6.54 Å². The minimum absolute atomic E-state index is 0.0386. The second-order valence-electron chi connectivity index (χ2n) is 6.94. The molecule has 1 amide bonds. The lowest BCUT2D eigenvalue weighted by Gasteiger charge is -2.32. The molecule has 0 aromatic heterocycles. The molecule has 0 spiro atoms. The first-order chi connectivity index (χ1) is 12.2. The fraction of sp³-hybridized carbons (Fsp3) is 0.632. The van der Waals surface area contributed by atoms with Crippen molar-refractivity contribution in [1.82, 2.24) is 9.80 Å². The molecule has 0 radical (unpaired) electrons. The Morgan fingerprint density at radius 1 is 1.20 bits per heavy atom. The summed E-state index contributed by atoms with van der Waals surface area (Å²) >= 11 is 6.19. The number of benzene rings is 1. The van der Waals surface area contributed by atoms with E-state index in [0.29, 0.717) is 17.5 Å². The van der Waals surface area contributed by atoms with Gasteiger partial charge in [0.25, 0.3) is 0 Å². The van der Waals surface area contributed by atoms with Crippen molar-refractivity contribution in [2.75, 3.05) is 45.9 Å². The quantitative estimate of drug-likeness (QED) is 0.841. The molecule has 0 unspecified atom stereocenters. The van der Waals surface area contributed by atoms with E-state index >= 15 is 0 Å². The molecule has 0 saturated carbocycles. The van der Waals surface area contributed by atoms with Crippen LogP contribution in [0.1, 0.15) is 37.2 Å². The van der Waals surface area contributed by atoms with Gasteiger partial charge in [0, 0.05) is 24.7 Å². The van der Waals surface area contributed by atoms with Gasteiger partial charge in [-0.25, -0.2) is 0 Å². The van der Waals surface area contributed by atoms with Gasteiger partial charge < -0.3 is 15.4 Å². The van der Waals surface area contributed by atoms with Crippen molar-refractivity contribution in [3.05, 3.63) is 28.8 Å². The molecule has 25 heavy (non-hydrogen) atoms. The Hall–Kier alpha value is -1.30. The van der Waals surface area contributed by atoms with E-state index in [1.807, 2.05) is 17.0 Å². The van der Waals surface area contributed by atoms with Gasteiger partial charge in [0.2, 0.25) is 5.91 Å². The van der Waals surface area contributed by atoms with Crippen LogP contribution < -0.4 is 10.5 Å². The number of carbonyl (C=O) groups is 1. The molecule has 2 saturated heterocycles. The zero-order valence-electron chi connectivity index (χ0n) is 14.8.